The molecule has 0 aromatic rings. The Bertz CT molecular complexity index is 293. The molecule has 0 amide bonds. The van der Waals surface area contributed by atoms with Crippen molar-refractivity contribution in [2.75, 3.05) is 0 Å². The van der Waals surface area contributed by atoms with Crippen LogP contribution in [0.5, 0.6) is 0 Å². The number of rotatable bonds is 0. The van der Waals surface area contributed by atoms with Crippen molar-refractivity contribution in [1.29, 1.82) is 0 Å². The van der Waals surface area contributed by atoms with Gasteiger partial charge < -0.3 is 0 Å². The minimum Gasteiger partial charge on any atom is -0.0804 e. The SMILES string of the molecule is C1=CC2=CCC3CCCC3C2C=C1. The van der Waals surface area contributed by atoms with Crippen molar-refractivity contribution in [3.8, 4) is 0 Å². The molecule has 1 fully saturated rings. The fourth-order valence-corrected chi connectivity index (χ4v) is 3.29. The molecule has 0 heteroatoms. The minimum absolute atomic E-state index is 0.770. The van der Waals surface area contributed by atoms with Gasteiger partial charge in [0, 0.05) is 5.92 Å². The molecular formula is C13H16. The van der Waals surface area contributed by atoms with Crippen molar-refractivity contribution in [1.82, 2.24) is 0 Å². The third-order valence-corrected chi connectivity index (χ3v) is 3.94. The highest BCUT2D eigenvalue weighted by Gasteiger charge is 2.36. The average molecular weight is 172 g/mol. The van der Waals surface area contributed by atoms with Gasteiger partial charge in [0.05, 0.1) is 0 Å². The van der Waals surface area contributed by atoms with Gasteiger partial charge in [0.2, 0.25) is 0 Å². The fourth-order valence-electron chi connectivity index (χ4n) is 3.29. The van der Waals surface area contributed by atoms with Crippen molar-refractivity contribution in [2.24, 2.45) is 17.8 Å². The van der Waals surface area contributed by atoms with Gasteiger partial charge in [0.15, 0.2) is 0 Å². The molecule has 0 nitrogen and oxygen atoms in total. The largest absolute Gasteiger partial charge is 0.0804 e. The molecule has 0 heterocycles. The van der Waals surface area contributed by atoms with Gasteiger partial charge >= 0.3 is 0 Å². The van der Waals surface area contributed by atoms with Crippen LogP contribution in [0.4, 0.5) is 0 Å². The van der Waals surface area contributed by atoms with Gasteiger partial charge in [-0.25, -0.2) is 0 Å². The summed E-state index contributed by atoms with van der Waals surface area (Å²) in [6, 6.07) is 0. The van der Waals surface area contributed by atoms with Crippen molar-refractivity contribution < 1.29 is 0 Å². The van der Waals surface area contributed by atoms with E-state index in [2.05, 4.69) is 30.4 Å². The van der Waals surface area contributed by atoms with E-state index in [4.69, 9.17) is 0 Å². The predicted molar refractivity (Wildman–Crippen MR) is 55.3 cm³/mol. The Morgan fingerprint density at radius 2 is 2.15 bits per heavy atom. The standard InChI is InChI=1S/C13H16/c1-2-6-12-10(4-1)8-9-11-5-3-7-13(11)12/h1-2,4,6,8,11-13H,3,5,7,9H2. The molecule has 0 radical (unpaired) electrons. The summed E-state index contributed by atoms with van der Waals surface area (Å²) in [4.78, 5) is 0. The zero-order valence-corrected chi connectivity index (χ0v) is 7.95. The van der Waals surface area contributed by atoms with Crippen LogP contribution in [-0.4, -0.2) is 0 Å². The van der Waals surface area contributed by atoms with Crippen molar-refractivity contribution >= 4 is 0 Å². The molecule has 3 aliphatic rings. The molecule has 68 valence electrons. The van der Waals surface area contributed by atoms with Gasteiger partial charge in [-0.15, -0.1) is 0 Å². The Labute approximate surface area is 80.0 Å². The molecule has 3 unspecified atom stereocenters. The molecule has 0 saturated heterocycles. The maximum Gasteiger partial charge on any atom is 0.00489 e. The highest BCUT2D eigenvalue weighted by molar-refractivity contribution is 5.35. The summed E-state index contributed by atoms with van der Waals surface area (Å²) in [7, 11) is 0. The first-order valence-electron chi connectivity index (χ1n) is 5.50. The molecular weight excluding hydrogens is 156 g/mol. The summed E-state index contributed by atoms with van der Waals surface area (Å²) in [6.45, 7) is 0. The van der Waals surface area contributed by atoms with E-state index in [0.717, 1.165) is 17.8 Å². The van der Waals surface area contributed by atoms with E-state index in [-0.39, 0.29) is 0 Å². The third-order valence-electron chi connectivity index (χ3n) is 3.94. The van der Waals surface area contributed by atoms with E-state index in [1.54, 1.807) is 5.57 Å². The molecule has 0 spiro atoms. The summed E-state index contributed by atoms with van der Waals surface area (Å²) < 4.78 is 0. The van der Waals surface area contributed by atoms with E-state index in [0.29, 0.717) is 0 Å². The molecule has 3 rings (SSSR count). The Morgan fingerprint density at radius 1 is 1.15 bits per heavy atom. The summed E-state index contributed by atoms with van der Waals surface area (Å²) in [6.07, 6.45) is 17.3. The zero-order valence-electron chi connectivity index (χ0n) is 7.95. The summed E-state index contributed by atoms with van der Waals surface area (Å²) in [5, 5.41) is 0. The monoisotopic (exact) mass is 172 g/mol. The first kappa shape index (κ1) is 7.61. The molecule has 0 aliphatic heterocycles. The van der Waals surface area contributed by atoms with Crippen LogP contribution in [0.3, 0.4) is 0 Å². The first-order valence-corrected chi connectivity index (χ1v) is 5.50. The molecule has 0 N–H and O–H groups in total. The lowest BCUT2D eigenvalue weighted by Crippen LogP contribution is -2.23. The van der Waals surface area contributed by atoms with E-state index >= 15 is 0 Å². The lowest BCUT2D eigenvalue weighted by Gasteiger charge is -2.32. The van der Waals surface area contributed by atoms with Gasteiger partial charge in [-0.3, -0.25) is 0 Å². The fraction of sp³-hybridized carbons (Fsp3) is 0.538. The Morgan fingerprint density at radius 3 is 3.15 bits per heavy atom. The van der Waals surface area contributed by atoms with E-state index in [1.807, 2.05) is 0 Å². The molecule has 3 aliphatic carbocycles. The second-order valence-corrected chi connectivity index (χ2v) is 4.56. The maximum absolute atomic E-state index is 2.47. The van der Waals surface area contributed by atoms with Crippen LogP contribution < -0.4 is 0 Å². The quantitative estimate of drug-likeness (QED) is 0.525. The number of allylic oxidation sites excluding steroid dienone is 6. The topological polar surface area (TPSA) is 0 Å². The molecule has 0 aromatic carbocycles. The van der Waals surface area contributed by atoms with Gasteiger partial charge in [-0.2, -0.15) is 0 Å². The minimum atomic E-state index is 0.770. The zero-order chi connectivity index (χ0) is 8.67. The van der Waals surface area contributed by atoms with Gasteiger partial charge in [-0.05, 0) is 36.7 Å². The summed E-state index contributed by atoms with van der Waals surface area (Å²) in [5.74, 6) is 2.75. The van der Waals surface area contributed by atoms with E-state index in [1.165, 1.54) is 25.7 Å². The third kappa shape index (κ3) is 1.12. The van der Waals surface area contributed by atoms with Crippen molar-refractivity contribution in [3.05, 3.63) is 36.0 Å². The predicted octanol–water partition coefficient (Wildman–Crippen LogP) is 3.48. The summed E-state index contributed by atoms with van der Waals surface area (Å²) >= 11 is 0. The van der Waals surface area contributed by atoms with Gasteiger partial charge in [0.1, 0.15) is 0 Å². The van der Waals surface area contributed by atoms with Crippen molar-refractivity contribution in [2.45, 2.75) is 25.7 Å². The summed E-state index contributed by atoms with van der Waals surface area (Å²) in [5.41, 5.74) is 1.59. The highest BCUT2D eigenvalue weighted by atomic mass is 14.4. The highest BCUT2D eigenvalue weighted by Crippen LogP contribution is 2.46. The van der Waals surface area contributed by atoms with Crippen LogP contribution in [0.25, 0.3) is 0 Å². The van der Waals surface area contributed by atoms with Gasteiger partial charge in [0.25, 0.3) is 0 Å². The van der Waals surface area contributed by atoms with Crippen LogP contribution in [0.15, 0.2) is 36.0 Å². The van der Waals surface area contributed by atoms with Crippen LogP contribution >= 0.6 is 0 Å². The van der Waals surface area contributed by atoms with Crippen molar-refractivity contribution in [3.63, 3.8) is 0 Å². The van der Waals surface area contributed by atoms with E-state index < -0.39 is 0 Å². The molecule has 0 aromatic heterocycles. The Kier molecular flexibility index (Phi) is 1.68. The Balaban J connectivity index is 1.96. The lowest BCUT2D eigenvalue weighted by molar-refractivity contribution is 0.317. The van der Waals surface area contributed by atoms with Crippen LogP contribution in [0, 0.1) is 17.8 Å². The van der Waals surface area contributed by atoms with Crippen LogP contribution in [0.1, 0.15) is 25.7 Å². The molecule has 1 saturated carbocycles. The molecule has 3 atom stereocenters. The Hall–Kier alpha value is -0.780. The number of hydrogen-bond donors (Lipinski definition) is 0. The van der Waals surface area contributed by atoms with E-state index in [9.17, 15) is 0 Å². The number of fused-ring (bicyclic) bond motifs is 3. The maximum atomic E-state index is 2.47. The second kappa shape index (κ2) is 2.87. The molecule has 0 bridgehead atoms. The normalized spacial score (nSPS) is 41.2. The lowest BCUT2D eigenvalue weighted by atomic mass is 9.72. The number of hydrogen-bond acceptors (Lipinski definition) is 0. The molecule has 13 heavy (non-hydrogen) atoms. The van der Waals surface area contributed by atoms with Crippen LogP contribution in [0.2, 0.25) is 0 Å². The smallest absolute Gasteiger partial charge is 0.00489 e. The first-order chi connectivity index (χ1) is 6.45. The average Bonchev–Trinajstić information content (AvgIpc) is 2.65. The second-order valence-electron chi connectivity index (χ2n) is 4.56. The van der Waals surface area contributed by atoms with Gasteiger partial charge in [-0.1, -0.05) is 36.8 Å². The van der Waals surface area contributed by atoms with Crippen LogP contribution in [-0.2, 0) is 0 Å².